The van der Waals surface area contributed by atoms with Crippen molar-refractivity contribution in [3.05, 3.63) is 41.8 Å². The van der Waals surface area contributed by atoms with E-state index in [9.17, 15) is 18.0 Å². The van der Waals surface area contributed by atoms with E-state index in [-0.39, 0.29) is 18.2 Å². The fourth-order valence-corrected chi connectivity index (χ4v) is 2.12. The molecule has 22 heavy (non-hydrogen) atoms. The number of rotatable bonds is 3. The molecule has 1 N–H and O–H groups in total. The summed E-state index contributed by atoms with van der Waals surface area (Å²) in [6, 6.07) is 6.39. The molecule has 0 aromatic heterocycles. The molecule has 1 heterocycles. The summed E-state index contributed by atoms with van der Waals surface area (Å²) in [5.41, 5.74) is 0.911. The Kier molecular flexibility index (Phi) is 3.30. The number of nitrogens with zero attached hydrogens (tertiary/aromatic N) is 1. The van der Waals surface area contributed by atoms with Crippen LogP contribution in [-0.2, 0) is 4.74 Å². The molecule has 3 rings (SSSR count). The third-order valence-corrected chi connectivity index (χ3v) is 3.79. The quantitative estimate of drug-likeness (QED) is 0.932. The van der Waals surface area contributed by atoms with Crippen molar-refractivity contribution < 1.29 is 22.7 Å². The van der Waals surface area contributed by atoms with Crippen molar-refractivity contribution in [2.75, 3.05) is 11.6 Å². The van der Waals surface area contributed by atoms with E-state index in [0.29, 0.717) is 11.3 Å². The number of halogens is 3. The van der Waals surface area contributed by atoms with Crippen LogP contribution < -0.4 is 10.2 Å². The van der Waals surface area contributed by atoms with Crippen molar-refractivity contribution in [3.8, 4) is 0 Å². The summed E-state index contributed by atoms with van der Waals surface area (Å²) >= 11 is 0. The van der Waals surface area contributed by atoms with Gasteiger partial charge >= 0.3 is 6.18 Å². The maximum absolute atomic E-state index is 12.5. The van der Waals surface area contributed by atoms with E-state index in [4.69, 9.17) is 0 Å². The van der Waals surface area contributed by atoms with E-state index in [1.54, 1.807) is 24.3 Å². The first kappa shape index (κ1) is 14.7. The molecule has 1 aliphatic heterocycles. The standard InChI is InChI=1S/C15H15F3N2O2/c1-14(6-7-14)19-13(21)10-2-4-11(5-3-10)20-8-12(22-9-20)15(16,17)18/h2-5,8H,6-7,9H2,1H3,(H,19,21). The summed E-state index contributed by atoms with van der Waals surface area (Å²) in [5.74, 6) is -1.19. The van der Waals surface area contributed by atoms with Gasteiger partial charge in [-0.3, -0.25) is 4.79 Å². The Morgan fingerprint density at radius 3 is 2.41 bits per heavy atom. The third kappa shape index (κ3) is 3.03. The summed E-state index contributed by atoms with van der Waals surface area (Å²) in [6.45, 7) is 1.78. The maximum atomic E-state index is 12.5. The predicted octanol–water partition coefficient (Wildman–Crippen LogP) is 3.17. The Bertz CT molecular complexity index is 619. The Morgan fingerprint density at radius 2 is 1.91 bits per heavy atom. The van der Waals surface area contributed by atoms with Crippen LogP contribution in [0.5, 0.6) is 0 Å². The number of nitrogens with one attached hydrogen (secondary N) is 1. The van der Waals surface area contributed by atoms with Gasteiger partial charge in [-0.05, 0) is 44.0 Å². The molecule has 0 atom stereocenters. The van der Waals surface area contributed by atoms with Gasteiger partial charge in [0, 0.05) is 16.8 Å². The van der Waals surface area contributed by atoms with Gasteiger partial charge in [0.15, 0.2) is 6.73 Å². The number of carbonyl (C=O) groups excluding carboxylic acids is 1. The van der Waals surface area contributed by atoms with Crippen molar-refractivity contribution in [3.63, 3.8) is 0 Å². The normalized spacial score (nSPS) is 19.5. The molecule has 0 saturated heterocycles. The lowest BCUT2D eigenvalue weighted by molar-refractivity contribution is -0.126. The molecule has 1 aromatic rings. The van der Waals surface area contributed by atoms with Crippen LogP contribution in [0.15, 0.2) is 36.2 Å². The molecular formula is C15H15F3N2O2. The summed E-state index contributed by atoms with van der Waals surface area (Å²) < 4.78 is 42.1. The first-order chi connectivity index (χ1) is 10.3. The highest BCUT2D eigenvalue weighted by molar-refractivity contribution is 5.95. The smallest absolute Gasteiger partial charge is 0.450 e. The van der Waals surface area contributed by atoms with Crippen LogP contribution in [0.2, 0.25) is 0 Å². The number of ether oxygens (including phenoxy) is 1. The van der Waals surface area contributed by atoms with Gasteiger partial charge in [-0.2, -0.15) is 13.2 Å². The molecule has 0 bridgehead atoms. The van der Waals surface area contributed by atoms with Crippen LogP contribution in [0.25, 0.3) is 0 Å². The molecule has 1 aromatic carbocycles. The second-order valence-electron chi connectivity index (χ2n) is 5.80. The predicted molar refractivity (Wildman–Crippen MR) is 74.1 cm³/mol. The number of alkyl halides is 3. The summed E-state index contributed by atoms with van der Waals surface area (Å²) in [7, 11) is 0. The lowest BCUT2D eigenvalue weighted by Crippen LogP contribution is -2.34. The molecule has 2 aliphatic rings. The number of allylic oxidation sites excluding steroid dienone is 1. The molecule has 0 radical (unpaired) electrons. The number of anilines is 1. The largest absolute Gasteiger partial charge is 0.466 e. The van der Waals surface area contributed by atoms with Crippen molar-refractivity contribution in [1.82, 2.24) is 5.32 Å². The van der Waals surface area contributed by atoms with Crippen molar-refractivity contribution in [2.45, 2.75) is 31.5 Å². The lowest BCUT2D eigenvalue weighted by Gasteiger charge is -2.15. The van der Waals surface area contributed by atoms with Gasteiger partial charge in [-0.1, -0.05) is 0 Å². The fraction of sp³-hybridized carbons (Fsp3) is 0.400. The molecule has 0 spiro atoms. The molecule has 1 saturated carbocycles. The number of benzene rings is 1. The van der Waals surface area contributed by atoms with Gasteiger partial charge in [0.2, 0.25) is 5.76 Å². The van der Waals surface area contributed by atoms with E-state index in [2.05, 4.69) is 10.1 Å². The minimum absolute atomic E-state index is 0.108. The van der Waals surface area contributed by atoms with Gasteiger partial charge in [-0.25, -0.2) is 0 Å². The molecule has 1 aliphatic carbocycles. The molecule has 0 unspecified atom stereocenters. The van der Waals surface area contributed by atoms with Crippen LogP contribution >= 0.6 is 0 Å². The molecule has 1 fully saturated rings. The number of amides is 1. The number of hydrogen-bond acceptors (Lipinski definition) is 3. The molecule has 1 amide bonds. The SMILES string of the molecule is CC1(NC(=O)c2ccc(N3C=C(C(F)(F)F)OC3)cc2)CC1. The summed E-state index contributed by atoms with van der Waals surface area (Å²) in [5, 5.41) is 2.92. The molecular weight excluding hydrogens is 297 g/mol. The van der Waals surface area contributed by atoms with Crippen molar-refractivity contribution >= 4 is 11.6 Å². The first-order valence-electron chi connectivity index (χ1n) is 6.88. The highest BCUT2D eigenvalue weighted by Crippen LogP contribution is 2.35. The van der Waals surface area contributed by atoms with Gasteiger partial charge < -0.3 is 15.0 Å². The Labute approximate surface area is 125 Å². The topological polar surface area (TPSA) is 41.6 Å². The number of carbonyl (C=O) groups is 1. The molecule has 7 heteroatoms. The van der Waals surface area contributed by atoms with Gasteiger partial charge in [0.1, 0.15) is 0 Å². The number of hydrogen-bond donors (Lipinski definition) is 1. The van der Waals surface area contributed by atoms with Crippen LogP contribution in [0.3, 0.4) is 0 Å². The van der Waals surface area contributed by atoms with E-state index < -0.39 is 11.9 Å². The Balaban J connectivity index is 1.70. The minimum Gasteiger partial charge on any atom is -0.466 e. The average Bonchev–Trinajstić information content (AvgIpc) is 2.99. The third-order valence-electron chi connectivity index (χ3n) is 3.79. The zero-order valence-corrected chi connectivity index (χ0v) is 11.9. The average molecular weight is 312 g/mol. The molecule has 118 valence electrons. The highest BCUT2D eigenvalue weighted by Gasteiger charge is 2.40. The van der Waals surface area contributed by atoms with Gasteiger partial charge in [0.05, 0.1) is 6.20 Å². The minimum atomic E-state index is -4.49. The van der Waals surface area contributed by atoms with Gasteiger partial charge in [-0.15, -0.1) is 0 Å². The monoisotopic (exact) mass is 312 g/mol. The van der Waals surface area contributed by atoms with E-state index >= 15 is 0 Å². The van der Waals surface area contributed by atoms with Crippen molar-refractivity contribution in [2.24, 2.45) is 0 Å². The zero-order chi connectivity index (χ0) is 16.0. The maximum Gasteiger partial charge on any atom is 0.450 e. The van der Waals surface area contributed by atoms with E-state index in [1.165, 1.54) is 4.90 Å². The van der Waals surface area contributed by atoms with Crippen LogP contribution in [-0.4, -0.2) is 24.4 Å². The first-order valence-corrected chi connectivity index (χ1v) is 6.88. The lowest BCUT2D eigenvalue weighted by atomic mass is 10.1. The summed E-state index contributed by atoms with van der Waals surface area (Å²) in [6.07, 6.45) is -1.64. The molecule has 4 nitrogen and oxygen atoms in total. The van der Waals surface area contributed by atoms with Crippen LogP contribution in [0.1, 0.15) is 30.1 Å². The van der Waals surface area contributed by atoms with Crippen LogP contribution in [0.4, 0.5) is 18.9 Å². The Morgan fingerprint density at radius 1 is 1.27 bits per heavy atom. The van der Waals surface area contributed by atoms with E-state index in [1.807, 2.05) is 6.92 Å². The zero-order valence-electron chi connectivity index (χ0n) is 11.9. The van der Waals surface area contributed by atoms with Crippen molar-refractivity contribution in [1.29, 1.82) is 0 Å². The summed E-state index contributed by atoms with van der Waals surface area (Å²) in [4.78, 5) is 13.3. The van der Waals surface area contributed by atoms with Crippen LogP contribution in [0, 0.1) is 0 Å². The van der Waals surface area contributed by atoms with E-state index in [0.717, 1.165) is 19.0 Å². The van der Waals surface area contributed by atoms with Gasteiger partial charge in [0.25, 0.3) is 5.91 Å². The second kappa shape index (κ2) is 4.93. The highest BCUT2D eigenvalue weighted by atomic mass is 19.4. The fourth-order valence-electron chi connectivity index (χ4n) is 2.12. The second-order valence-corrected chi connectivity index (χ2v) is 5.80. The Hall–Kier alpha value is -2.18.